The summed E-state index contributed by atoms with van der Waals surface area (Å²) in [5, 5.41) is 3.00. The number of hydrogen-bond acceptors (Lipinski definition) is 2. The predicted molar refractivity (Wildman–Crippen MR) is 83.7 cm³/mol. The van der Waals surface area contributed by atoms with Crippen molar-refractivity contribution in [3.05, 3.63) is 29.8 Å². The third-order valence-electron chi connectivity index (χ3n) is 3.27. The number of nitrogens with one attached hydrogen (secondary N) is 1. The summed E-state index contributed by atoms with van der Waals surface area (Å²) in [5.41, 5.74) is 6.95. The molecule has 0 radical (unpaired) electrons. The topological polar surface area (TPSA) is 55.1 Å². The molecule has 1 aromatic carbocycles. The standard InChI is InChI=1S/C15H24N2O.ClH/c1-3-5-6-12(4-2)11-17-15(18)13-7-9-14(16)10-8-13;/h7-10,12H,3-6,11,16H2,1-2H3,(H,17,18);1H. The van der Waals surface area contributed by atoms with Crippen LogP contribution >= 0.6 is 12.4 Å². The lowest BCUT2D eigenvalue weighted by Gasteiger charge is -2.15. The van der Waals surface area contributed by atoms with E-state index in [1.54, 1.807) is 24.3 Å². The van der Waals surface area contributed by atoms with Crippen molar-refractivity contribution in [2.75, 3.05) is 12.3 Å². The fourth-order valence-corrected chi connectivity index (χ4v) is 1.92. The van der Waals surface area contributed by atoms with Crippen molar-refractivity contribution in [2.24, 2.45) is 5.92 Å². The van der Waals surface area contributed by atoms with Crippen LogP contribution in [0, 0.1) is 5.92 Å². The van der Waals surface area contributed by atoms with Crippen molar-refractivity contribution in [3.8, 4) is 0 Å². The summed E-state index contributed by atoms with van der Waals surface area (Å²) in [6, 6.07) is 7.03. The molecule has 0 aliphatic carbocycles. The van der Waals surface area contributed by atoms with Crippen LogP contribution in [0.4, 0.5) is 5.69 Å². The smallest absolute Gasteiger partial charge is 0.251 e. The van der Waals surface area contributed by atoms with Crippen LogP contribution in [0.3, 0.4) is 0 Å². The number of anilines is 1. The highest BCUT2D eigenvalue weighted by Crippen LogP contribution is 2.12. The molecule has 1 atom stereocenters. The third-order valence-corrected chi connectivity index (χ3v) is 3.27. The van der Waals surface area contributed by atoms with Gasteiger partial charge in [0.05, 0.1) is 0 Å². The number of benzene rings is 1. The van der Waals surface area contributed by atoms with E-state index in [4.69, 9.17) is 5.73 Å². The van der Waals surface area contributed by atoms with Crippen LogP contribution in [0.2, 0.25) is 0 Å². The number of nitrogen functional groups attached to an aromatic ring is 1. The normalized spacial score (nSPS) is 11.5. The van der Waals surface area contributed by atoms with Gasteiger partial charge in [0.25, 0.3) is 5.91 Å². The number of amides is 1. The van der Waals surface area contributed by atoms with Crippen molar-refractivity contribution in [3.63, 3.8) is 0 Å². The summed E-state index contributed by atoms with van der Waals surface area (Å²) in [6.07, 6.45) is 4.75. The first-order chi connectivity index (χ1) is 8.67. The first-order valence-corrected chi connectivity index (χ1v) is 6.81. The Morgan fingerprint density at radius 1 is 1.26 bits per heavy atom. The molecule has 0 aliphatic heterocycles. The molecule has 0 aliphatic rings. The Morgan fingerprint density at radius 3 is 2.42 bits per heavy atom. The summed E-state index contributed by atoms with van der Waals surface area (Å²) >= 11 is 0. The van der Waals surface area contributed by atoms with E-state index in [2.05, 4.69) is 19.2 Å². The molecule has 19 heavy (non-hydrogen) atoms. The predicted octanol–water partition coefficient (Wildman–Crippen LogP) is 3.64. The van der Waals surface area contributed by atoms with E-state index in [1.165, 1.54) is 19.3 Å². The molecule has 108 valence electrons. The molecular formula is C15H25ClN2O. The summed E-state index contributed by atoms with van der Waals surface area (Å²) in [5.74, 6) is 0.577. The Balaban J connectivity index is 0.00000324. The second kappa shape index (κ2) is 9.68. The first kappa shape index (κ1) is 17.8. The molecule has 4 heteroatoms. The molecule has 0 heterocycles. The number of nitrogens with two attached hydrogens (primary N) is 1. The van der Waals surface area contributed by atoms with E-state index in [9.17, 15) is 4.79 Å². The van der Waals surface area contributed by atoms with E-state index in [0.29, 0.717) is 17.2 Å². The van der Waals surface area contributed by atoms with E-state index in [-0.39, 0.29) is 18.3 Å². The van der Waals surface area contributed by atoms with Crippen molar-refractivity contribution < 1.29 is 4.79 Å². The fraction of sp³-hybridized carbons (Fsp3) is 0.533. The molecule has 3 nitrogen and oxygen atoms in total. The van der Waals surface area contributed by atoms with Gasteiger partial charge >= 0.3 is 0 Å². The summed E-state index contributed by atoms with van der Waals surface area (Å²) in [6.45, 7) is 5.13. The van der Waals surface area contributed by atoms with Gasteiger partial charge < -0.3 is 11.1 Å². The Bertz CT molecular complexity index is 365. The van der Waals surface area contributed by atoms with Gasteiger partial charge in [0.15, 0.2) is 0 Å². The lowest BCUT2D eigenvalue weighted by atomic mass is 9.99. The minimum absolute atomic E-state index is 0. The van der Waals surface area contributed by atoms with Crippen LogP contribution < -0.4 is 11.1 Å². The van der Waals surface area contributed by atoms with E-state index in [0.717, 1.165) is 13.0 Å². The molecule has 1 unspecified atom stereocenters. The molecular weight excluding hydrogens is 260 g/mol. The molecule has 0 saturated heterocycles. The second-order valence-corrected chi connectivity index (χ2v) is 4.75. The minimum atomic E-state index is -0.00931. The van der Waals surface area contributed by atoms with Crippen LogP contribution in [-0.2, 0) is 0 Å². The Morgan fingerprint density at radius 2 is 1.89 bits per heavy atom. The molecule has 0 saturated carbocycles. The molecule has 1 aromatic rings. The number of carbonyl (C=O) groups excluding carboxylic acids is 1. The van der Waals surface area contributed by atoms with Crippen LogP contribution in [0.1, 0.15) is 49.9 Å². The summed E-state index contributed by atoms with van der Waals surface area (Å²) < 4.78 is 0. The fourth-order valence-electron chi connectivity index (χ4n) is 1.92. The number of unbranched alkanes of at least 4 members (excludes halogenated alkanes) is 1. The molecule has 0 aromatic heterocycles. The number of halogens is 1. The van der Waals surface area contributed by atoms with Gasteiger partial charge in [0, 0.05) is 17.8 Å². The minimum Gasteiger partial charge on any atom is -0.399 e. The van der Waals surface area contributed by atoms with E-state index >= 15 is 0 Å². The molecule has 3 N–H and O–H groups in total. The summed E-state index contributed by atoms with van der Waals surface area (Å²) in [4.78, 5) is 11.9. The quantitative estimate of drug-likeness (QED) is 0.751. The zero-order valence-electron chi connectivity index (χ0n) is 11.8. The largest absolute Gasteiger partial charge is 0.399 e. The maximum absolute atomic E-state index is 11.9. The van der Waals surface area contributed by atoms with Gasteiger partial charge in [-0.25, -0.2) is 0 Å². The summed E-state index contributed by atoms with van der Waals surface area (Å²) in [7, 11) is 0. The molecule has 0 fully saturated rings. The van der Waals surface area contributed by atoms with E-state index in [1.807, 2.05) is 0 Å². The average Bonchev–Trinajstić information content (AvgIpc) is 2.39. The molecule has 0 spiro atoms. The van der Waals surface area contributed by atoms with Gasteiger partial charge in [-0.2, -0.15) is 0 Å². The number of rotatable bonds is 7. The van der Waals surface area contributed by atoms with Crippen LogP contribution in [0.25, 0.3) is 0 Å². The van der Waals surface area contributed by atoms with Crippen molar-refractivity contribution in [2.45, 2.75) is 39.5 Å². The SMILES string of the molecule is CCCCC(CC)CNC(=O)c1ccc(N)cc1.Cl. The Kier molecular flexibility index (Phi) is 9.06. The zero-order valence-corrected chi connectivity index (χ0v) is 12.6. The number of hydrogen-bond donors (Lipinski definition) is 2. The van der Waals surface area contributed by atoms with Crippen LogP contribution in [0.5, 0.6) is 0 Å². The second-order valence-electron chi connectivity index (χ2n) is 4.75. The van der Waals surface area contributed by atoms with Gasteiger partial charge in [-0.1, -0.05) is 33.1 Å². The van der Waals surface area contributed by atoms with Crippen LogP contribution in [0.15, 0.2) is 24.3 Å². The highest BCUT2D eigenvalue weighted by molar-refractivity contribution is 5.94. The van der Waals surface area contributed by atoms with Gasteiger partial charge in [0.1, 0.15) is 0 Å². The monoisotopic (exact) mass is 284 g/mol. The third kappa shape index (κ3) is 6.48. The van der Waals surface area contributed by atoms with Gasteiger partial charge in [0.2, 0.25) is 0 Å². The Labute approximate surface area is 122 Å². The maximum Gasteiger partial charge on any atom is 0.251 e. The molecule has 1 amide bonds. The number of carbonyl (C=O) groups is 1. The zero-order chi connectivity index (χ0) is 13.4. The van der Waals surface area contributed by atoms with Gasteiger partial charge in [-0.15, -0.1) is 12.4 Å². The van der Waals surface area contributed by atoms with Crippen LogP contribution in [-0.4, -0.2) is 12.5 Å². The van der Waals surface area contributed by atoms with Gasteiger partial charge in [-0.05, 0) is 36.6 Å². The molecule has 1 rings (SSSR count). The lowest BCUT2D eigenvalue weighted by Crippen LogP contribution is -2.29. The maximum atomic E-state index is 11.9. The molecule has 0 bridgehead atoms. The lowest BCUT2D eigenvalue weighted by molar-refractivity contribution is 0.0946. The van der Waals surface area contributed by atoms with Crippen molar-refractivity contribution >= 4 is 24.0 Å². The average molecular weight is 285 g/mol. The Hall–Kier alpha value is -1.22. The van der Waals surface area contributed by atoms with Gasteiger partial charge in [-0.3, -0.25) is 4.79 Å². The highest BCUT2D eigenvalue weighted by Gasteiger charge is 2.09. The van der Waals surface area contributed by atoms with Crippen molar-refractivity contribution in [1.29, 1.82) is 0 Å². The first-order valence-electron chi connectivity index (χ1n) is 6.81. The van der Waals surface area contributed by atoms with Crippen molar-refractivity contribution in [1.82, 2.24) is 5.32 Å². The highest BCUT2D eigenvalue weighted by atomic mass is 35.5. The van der Waals surface area contributed by atoms with E-state index < -0.39 is 0 Å².